The van der Waals surface area contributed by atoms with Gasteiger partial charge in [0.1, 0.15) is 0 Å². The van der Waals surface area contributed by atoms with Crippen LogP contribution in [0.15, 0.2) is 30.3 Å². The van der Waals surface area contributed by atoms with E-state index in [9.17, 15) is 9.59 Å². The Hall–Kier alpha value is -2.18. The fourth-order valence-corrected chi connectivity index (χ4v) is 3.41. The van der Waals surface area contributed by atoms with E-state index in [-0.39, 0.29) is 11.8 Å². The van der Waals surface area contributed by atoms with Gasteiger partial charge in [0.15, 0.2) is 0 Å². The fraction of sp³-hybridized carbons (Fsp3) is 0.368. The summed E-state index contributed by atoms with van der Waals surface area (Å²) in [4.78, 5) is 26.1. The van der Waals surface area contributed by atoms with Gasteiger partial charge in [-0.3, -0.25) is 14.5 Å². The molecule has 0 aromatic heterocycles. The molecule has 2 aliphatic rings. The molecule has 0 saturated carbocycles. The van der Waals surface area contributed by atoms with Crippen molar-refractivity contribution < 1.29 is 18.9 Å². The zero-order valence-electron chi connectivity index (χ0n) is 15.0. The van der Waals surface area contributed by atoms with Gasteiger partial charge in [0, 0.05) is 23.6 Å². The van der Waals surface area contributed by atoms with Crippen LogP contribution < -0.4 is 5.46 Å². The Bertz CT molecular complexity index is 896. The predicted molar refractivity (Wildman–Crippen MR) is 96.1 cm³/mol. The third-order valence-corrected chi connectivity index (χ3v) is 5.65. The number of imide groups is 1. The van der Waals surface area contributed by atoms with E-state index >= 15 is 0 Å². The number of hydrogen-bond acceptors (Lipinski definition) is 4. The van der Waals surface area contributed by atoms with E-state index in [1.54, 1.807) is 12.1 Å². The molecule has 1 fully saturated rings. The summed E-state index contributed by atoms with van der Waals surface area (Å²) in [5, 5.41) is 1.51. The Labute approximate surface area is 147 Å². The Morgan fingerprint density at radius 3 is 2.04 bits per heavy atom. The van der Waals surface area contributed by atoms with Crippen LogP contribution in [0.25, 0.3) is 10.8 Å². The lowest BCUT2D eigenvalue weighted by molar-refractivity contribution is 0.00578. The van der Waals surface area contributed by atoms with Crippen molar-refractivity contribution in [3.63, 3.8) is 0 Å². The molecular formula is C19H20BNO4. The van der Waals surface area contributed by atoms with Crippen LogP contribution in [0.3, 0.4) is 0 Å². The third kappa shape index (κ3) is 2.11. The second-order valence-electron chi connectivity index (χ2n) is 7.69. The lowest BCUT2D eigenvalue weighted by Gasteiger charge is -2.32. The minimum atomic E-state index is -0.542. The van der Waals surface area contributed by atoms with Gasteiger partial charge in [-0.05, 0) is 50.7 Å². The lowest BCUT2D eigenvalue weighted by atomic mass is 9.74. The van der Waals surface area contributed by atoms with Crippen LogP contribution in [-0.4, -0.2) is 42.1 Å². The molecule has 0 aliphatic carbocycles. The zero-order chi connectivity index (χ0) is 18.1. The highest BCUT2D eigenvalue weighted by Crippen LogP contribution is 2.38. The van der Waals surface area contributed by atoms with Crippen molar-refractivity contribution in [1.29, 1.82) is 0 Å². The maximum Gasteiger partial charge on any atom is 0.495 e. The molecular weight excluding hydrogens is 317 g/mol. The summed E-state index contributed by atoms with van der Waals surface area (Å²) in [5.74, 6) is -0.566. The van der Waals surface area contributed by atoms with Crippen LogP contribution in [0.5, 0.6) is 0 Å². The quantitative estimate of drug-likeness (QED) is 0.592. The highest BCUT2D eigenvalue weighted by atomic mass is 16.7. The predicted octanol–water partition coefficient (Wildman–Crippen LogP) is 2.36. The number of hydrogen-bond donors (Lipinski definition) is 0. The monoisotopic (exact) mass is 337 g/mol. The molecule has 2 aromatic rings. The van der Waals surface area contributed by atoms with Crippen molar-refractivity contribution >= 4 is 35.2 Å². The van der Waals surface area contributed by atoms with E-state index in [0.717, 1.165) is 15.7 Å². The van der Waals surface area contributed by atoms with Crippen LogP contribution in [0.2, 0.25) is 0 Å². The van der Waals surface area contributed by atoms with Crippen molar-refractivity contribution in [3.05, 3.63) is 41.5 Å². The molecule has 0 spiro atoms. The first-order valence-corrected chi connectivity index (χ1v) is 8.38. The SMILES string of the molecule is CN1C(=O)c2cccc3c(B4OC(C)(C)C(C)(C)O4)ccc(c23)C1=O. The van der Waals surface area contributed by atoms with Crippen LogP contribution in [0.4, 0.5) is 0 Å². The summed E-state index contributed by atoms with van der Waals surface area (Å²) in [6.07, 6.45) is 0. The van der Waals surface area contributed by atoms with Gasteiger partial charge in [0.05, 0.1) is 11.2 Å². The van der Waals surface area contributed by atoms with E-state index in [0.29, 0.717) is 16.5 Å². The number of benzene rings is 2. The summed E-state index contributed by atoms with van der Waals surface area (Å²) in [6, 6.07) is 9.13. The molecule has 0 unspecified atom stereocenters. The standard InChI is InChI=1S/C19H20BNO4/c1-18(2)19(3,4)25-20(24-18)14-10-9-13-15-11(14)7-6-8-12(15)16(22)21(5)17(13)23/h6-10H,1-5H3. The molecule has 0 bridgehead atoms. The summed E-state index contributed by atoms with van der Waals surface area (Å²) in [7, 11) is 0.966. The summed E-state index contributed by atoms with van der Waals surface area (Å²) in [6.45, 7) is 8.00. The highest BCUT2D eigenvalue weighted by Gasteiger charge is 2.52. The Kier molecular flexibility index (Phi) is 3.21. The van der Waals surface area contributed by atoms with Crippen molar-refractivity contribution in [2.24, 2.45) is 0 Å². The second-order valence-corrected chi connectivity index (χ2v) is 7.69. The zero-order valence-corrected chi connectivity index (χ0v) is 15.0. The van der Waals surface area contributed by atoms with Gasteiger partial charge in [-0.2, -0.15) is 0 Å². The van der Waals surface area contributed by atoms with Gasteiger partial charge in [-0.15, -0.1) is 0 Å². The van der Waals surface area contributed by atoms with Crippen LogP contribution >= 0.6 is 0 Å². The van der Waals surface area contributed by atoms with Crippen molar-refractivity contribution in [1.82, 2.24) is 4.90 Å². The normalized spacial score (nSPS) is 21.3. The Morgan fingerprint density at radius 2 is 1.44 bits per heavy atom. The number of amides is 2. The molecule has 2 aromatic carbocycles. The first-order valence-electron chi connectivity index (χ1n) is 8.38. The molecule has 0 N–H and O–H groups in total. The summed E-state index contributed by atoms with van der Waals surface area (Å²) >= 11 is 0. The Morgan fingerprint density at radius 1 is 0.880 bits per heavy atom. The van der Waals surface area contributed by atoms with E-state index in [1.807, 2.05) is 45.9 Å². The van der Waals surface area contributed by atoms with Crippen molar-refractivity contribution in [2.75, 3.05) is 7.05 Å². The molecule has 2 amide bonds. The average molecular weight is 337 g/mol. The number of carbonyl (C=O) groups excluding carboxylic acids is 2. The van der Waals surface area contributed by atoms with Gasteiger partial charge in [0.2, 0.25) is 0 Å². The first-order chi connectivity index (χ1) is 11.6. The largest absolute Gasteiger partial charge is 0.495 e. The molecule has 0 atom stereocenters. The molecule has 2 aliphatic heterocycles. The van der Waals surface area contributed by atoms with Gasteiger partial charge < -0.3 is 9.31 Å². The molecule has 25 heavy (non-hydrogen) atoms. The third-order valence-electron chi connectivity index (χ3n) is 5.65. The maximum absolute atomic E-state index is 12.5. The first kappa shape index (κ1) is 16.3. The van der Waals surface area contributed by atoms with Crippen LogP contribution in [0.1, 0.15) is 48.4 Å². The minimum absolute atomic E-state index is 0.283. The van der Waals surface area contributed by atoms with Crippen LogP contribution in [0, 0.1) is 0 Å². The van der Waals surface area contributed by atoms with E-state index in [2.05, 4.69) is 0 Å². The Balaban J connectivity index is 1.94. The van der Waals surface area contributed by atoms with E-state index in [4.69, 9.17) is 9.31 Å². The summed E-state index contributed by atoms with van der Waals surface area (Å²) < 4.78 is 12.3. The second kappa shape index (κ2) is 4.93. The van der Waals surface area contributed by atoms with E-state index < -0.39 is 18.3 Å². The maximum atomic E-state index is 12.5. The number of rotatable bonds is 1. The average Bonchev–Trinajstić information content (AvgIpc) is 2.77. The lowest BCUT2D eigenvalue weighted by Crippen LogP contribution is -2.41. The topological polar surface area (TPSA) is 55.8 Å². The van der Waals surface area contributed by atoms with Gasteiger partial charge in [-0.1, -0.05) is 18.2 Å². The molecule has 1 saturated heterocycles. The number of nitrogens with zero attached hydrogens (tertiary/aromatic N) is 1. The number of carbonyl (C=O) groups is 2. The van der Waals surface area contributed by atoms with Gasteiger partial charge in [0.25, 0.3) is 11.8 Å². The minimum Gasteiger partial charge on any atom is -0.399 e. The molecule has 0 radical (unpaired) electrons. The van der Waals surface area contributed by atoms with E-state index in [1.165, 1.54) is 7.05 Å². The van der Waals surface area contributed by atoms with Crippen molar-refractivity contribution in [3.8, 4) is 0 Å². The molecule has 2 heterocycles. The van der Waals surface area contributed by atoms with Gasteiger partial charge >= 0.3 is 7.12 Å². The highest BCUT2D eigenvalue weighted by molar-refractivity contribution is 6.65. The van der Waals surface area contributed by atoms with Gasteiger partial charge in [-0.25, -0.2) is 0 Å². The molecule has 6 heteroatoms. The molecule has 5 nitrogen and oxygen atoms in total. The van der Waals surface area contributed by atoms with Crippen molar-refractivity contribution in [2.45, 2.75) is 38.9 Å². The van der Waals surface area contributed by atoms with Crippen LogP contribution in [-0.2, 0) is 9.31 Å². The molecule has 4 rings (SSSR count). The fourth-order valence-electron chi connectivity index (χ4n) is 3.41. The smallest absolute Gasteiger partial charge is 0.399 e. The molecule has 128 valence electrons. The summed E-state index contributed by atoms with van der Waals surface area (Å²) in [5.41, 5.74) is 0.997.